The zero-order valence-corrected chi connectivity index (χ0v) is 10.0. The van der Waals surface area contributed by atoms with Gasteiger partial charge in [-0.05, 0) is 37.8 Å². The van der Waals surface area contributed by atoms with Crippen molar-refractivity contribution >= 4 is 0 Å². The second kappa shape index (κ2) is 5.49. The number of aryl methyl sites for hydroxylation is 2. The molecule has 1 unspecified atom stereocenters. The van der Waals surface area contributed by atoms with Crippen LogP contribution in [0, 0.1) is 13.8 Å². The van der Waals surface area contributed by atoms with Gasteiger partial charge < -0.3 is 5.73 Å². The smallest absolute Gasteiger partial charge is 0.323 e. The molecule has 0 spiro atoms. The van der Waals surface area contributed by atoms with E-state index in [2.05, 4.69) is 4.98 Å². The van der Waals surface area contributed by atoms with Crippen LogP contribution in [0.25, 0.3) is 0 Å². The molecule has 0 aliphatic rings. The average Bonchev–Trinajstić information content (AvgIpc) is 2.15. The Balaban J connectivity index is 2.55. The van der Waals surface area contributed by atoms with Gasteiger partial charge in [0.05, 0.1) is 5.69 Å². The molecule has 0 saturated heterocycles. The first kappa shape index (κ1) is 14.0. The molecule has 1 heterocycles. The lowest BCUT2D eigenvalue weighted by molar-refractivity contribution is -0.135. The van der Waals surface area contributed by atoms with Crippen molar-refractivity contribution in [2.24, 2.45) is 5.73 Å². The third kappa shape index (κ3) is 4.73. The number of nitrogens with two attached hydrogens (primary N) is 1. The molecule has 96 valence electrons. The molecule has 1 aromatic rings. The molecule has 0 bridgehead atoms. The van der Waals surface area contributed by atoms with E-state index in [-0.39, 0.29) is 6.42 Å². The lowest BCUT2D eigenvalue weighted by Crippen LogP contribution is -2.15. The molecule has 1 rings (SSSR count). The lowest BCUT2D eigenvalue weighted by atomic mass is 10.0. The Labute approximate surface area is 99.0 Å². The van der Waals surface area contributed by atoms with Crippen LogP contribution in [-0.2, 0) is 0 Å². The number of alkyl halides is 3. The van der Waals surface area contributed by atoms with Gasteiger partial charge in [0.15, 0.2) is 0 Å². The van der Waals surface area contributed by atoms with Crippen LogP contribution in [0.1, 0.15) is 42.1 Å². The number of hydrogen-bond donors (Lipinski definition) is 1. The van der Waals surface area contributed by atoms with Crippen molar-refractivity contribution in [1.29, 1.82) is 0 Å². The van der Waals surface area contributed by atoms with E-state index in [0.29, 0.717) is 12.1 Å². The van der Waals surface area contributed by atoms with E-state index in [1.165, 1.54) is 0 Å². The van der Waals surface area contributed by atoms with E-state index in [4.69, 9.17) is 5.73 Å². The van der Waals surface area contributed by atoms with Gasteiger partial charge >= 0.3 is 6.18 Å². The Bertz CT molecular complexity index is 375. The molecule has 5 heteroatoms. The van der Waals surface area contributed by atoms with E-state index < -0.39 is 18.6 Å². The molecular formula is C12H17F3N2. The minimum Gasteiger partial charge on any atom is -0.323 e. The fraction of sp³-hybridized carbons (Fsp3) is 0.583. The second-order valence-electron chi connectivity index (χ2n) is 4.33. The summed E-state index contributed by atoms with van der Waals surface area (Å²) in [6.45, 7) is 3.79. The normalized spacial score (nSPS) is 13.8. The Morgan fingerprint density at radius 2 is 2.00 bits per heavy atom. The largest absolute Gasteiger partial charge is 0.389 e. The first-order chi connectivity index (χ1) is 7.79. The van der Waals surface area contributed by atoms with Gasteiger partial charge in [-0.2, -0.15) is 13.2 Å². The zero-order chi connectivity index (χ0) is 13.1. The highest BCUT2D eigenvalue weighted by atomic mass is 19.4. The highest BCUT2D eigenvalue weighted by Gasteiger charge is 2.26. The first-order valence-electron chi connectivity index (χ1n) is 5.55. The lowest BCUT2D eigenvalue weighted by Gasteiger charge is -2.14. The van der Waals surface area contributed by atoms with E-state index in [1.54, 1.807) is 6.20 Å². The zero-order valence-electron chi connectivity index (χ0n) is 10.0. The van der Waals surface area contributed by atoms with Gasteiger partial charge in [-0.3, -0.25) is 4.98 Å². The molecule has 0 aliphatic heterocycles. The molecule has 1 aromatic heterocycles. The van der Waals surface area contributed by atoms with Crippen molar-refractivity contribution < 1.29 is 13.2 Å². The number of rotatable bonds is 4. The number of aromatic nitrogens is 1. The molecule has 0 aromatic carbocycles. The van der Waals surface area contributed by atoms with Crippen LogP contribution in [0.5, 0.6) is 0 Å². The maximum absolute atomic E-state index is 12.0. The molecule has 17 heavy (non-hydrogen) atoms. The van der Waals surface area contributed by atoms with Crippen molar-refractivity contribution in [2.45, 2.75) is 45.3 Å². The number of halogens is 3. The minimum atomic E-state index is -4.10. The molecule has 0 amide bonds. The first-order valence-corrected chi connectivity index (χ1v) is 5.55. The third-order valence-electron chi connectivity index (χ3n) is 2.58. The Morgan fingerprint density at radius 3 is 2.53 bits per heavy atom. The van der Waals surface area contributed by atoms with Gasteiger partial charge in [0.25, 0.3) is 0 Å². The Morgan fingerprint density at radius 1 is 1.35 bits per heavy atom. The summed E-state index contributed by atoms with van der Waals surface area (Å²) in [4.78, 5) is 4.19. The predicted octanol–water partition coefficient (Wildman–Crippen LogP) is 3.43. The van der Waals surface area contributed by atoms with Gasteiger partial charge in [0.1, 0.15) is 0 Å². The fourth-order valence-electron chi connectivity index (χ4n) is 1.77. The van der Waals surface area contributed by atoms with Crippen LogP contribution >= 0.6 is 0 Å². The highest BCUT2D eigenvalue weighted by Crippen LogP contribution is 2.25. The Hall–Kier alpha value is -1.10. The summed E-state index contributed by atoms with van der Waals surface area (Å²) < 4.78 is 36.0. The Kier molecular flexibility index (Phi) is 4.51. The van der Waals surface area contributed by atoms with E-state index in [0.717, 1.165) is 11.1 Å². The number of nitrogens with zero attached hydrogens (tertiary/aromatic N) is 1. The van der Waals surface area contributed by atoms with E-state index in [1.807, 2.05) is 19.9 Å². The van der Waals surface area contributed by atoms with Crippen LogP contribution in [0.15, 0.2) is 12.3 Å². The third-order valence-corrected chi connectivity index (χ3v) is 2.58. The van der Waals surface area contributed by atoms with E-state index >= 15 is 0 Å². The monoisotopic (exact) mass is 246 g/mol. The average molecular weight is 246 g/mol. The fourth-order valence-corrected chi connectivity index (χ4v) is 1.77. The van der Waals surface area contributed by atoms with E-state index in [9.17, 15) is 13.2 Å². The maximum atomic E-state index is 12.0. The molecule has 0 fully saturated rings. The molecule has 2 nitrogen and oxygen atoms in total. The highest BCUT2D eigenvalue weighted by molar-refractivity contribution is 5.25. The minimum absolute atomic E-state index is 0.0413. The van der Waals surface area contributed by atoms with Gasteiger partial charge in [0, 0.05) is 18.7 Å². The quantitative estimate of drug-likeness (QED) is 0.884. The second-order valence-corrected chi connectivity index (χ2v) is 4.33. The van der Waals surface area contributed by atoms with Crippen molar-refractivity contribution in [3.63, 3.8) is 0 Å². The summed E-state index contributed by atoms with van der Waals surface area (Å²) in [5, 5.41) is 0. The van der Waals surface area contributed by atoms with Crippen molar-refractivity contribution in [3.8, 4) is 0 Å². The molecule has 2 N–H and O–H groups in total. The summed E-state index contributed by atoms with van der Waals surface area (Å²) in [6.07, 6.45) is -2.86. The topological polar surface area (TPSA) is 38.9 Å². The van der Waals surface area contributed by atoms with Crippen LogP contribution in [-0.4, -0.2) is 11.2 Å². The molecular weight excluding hydrogens is 229 g/mol. The molecule has 0 aliphatic carbocycles. The van der Waals surface area contributed by atoms with Crippen molar-refractivity contribution in [1.82, 2.24) is 4.98 Å². The predicted molar refractivity (Wildman–Crippen MR) is 60.5 cm³/mol. The van der Waals surface area contributed by atoms with Gasteiger partial charge in [-0.25, -0.2) is 0 Å². The summed E-state index contributed by atoms with van der Waals surface area (Å²) in [5.74, 6) is 0. The summed E-state index contributed by atoms with van der Waals surface area (Å²) in [7, 11) is 0. The summed E-state index contributed by atoms with van der Waals surface area (Å²) in [5.41, 5.74) is 8.49. The molecule has 0 radical (unpaired) electrons. The van der Waals surface area contributed by atoms with Crippen LogP contribution in [0.2, 0.25) is 0 Å². The van der Waals surface area contributed by atoms with Crippen LogP contribution in [0.4, 0.5) is 13.2 Å². The van der Waals surface area contributed by atoms with Crippen molar-refractivity contribution in [3.05, 3.63) is 29.1 Å². The van der Waals surface area contributed by atoms with Crippen LogP contribution in [0.3, 0.4) is 0 Å². The van der Waals surface area contributed by atoms with Crippen LogP contribution < -0.4 is 5.73 Å². The van der Waals surface area contributed by atoms with Gasteiger partial charge in [0.2, 0.25) is 0 Å². The molecule has 0 saturated carbocycles. The maximum Gasteiger partial charge on any atom is 0.389 e. The SMILES string of the molecule is Cc1cnc(C(N)CCCC(F)(F)F)c(C)c1. The number of hydrogen-bond acceptors (Lipinski definition) is 2. The standard InChI is InChI=1S/C12H17F3N2/c1-8-6-9(2)11(17-7-8)10(16)4-3-5-12(13,14)15/h6-7,10H,3-5,16H2,1-2H3. The molecule has 1 atom stereocenters. The van der Waals surface area contributed by atoms with Gasteiger partial charge in [-0.1, -0.05) is 6.07 Å². The summed E-state index contributed by atoms with van der Waals surface area (Å²) >= 11 is 0. The summed E-state index contributed by atoms with van der Waals surface area (Å²) in [6, 6.07) is 1.52. The van der Waals surface area contributed by atoms with Crippen molar-refractivity contribution in [2.75, 3.05) is 0 Å². The number of pyridine rings is 1. The van der Waals surface area contributed by atoms with Gasteiger partial charge in [-0.15, -0.1) is 0 Å².